The van der Waals surface area contributed by atoms with E-state index in [0.717, 1.165) is 5.56 Å². The second kappa shape index (κ2) is 6.78. The van der Waals surface area contributed by atoms with Crippen LogP contribution in [0.25, 0.3) is 0 Å². The van der Waals surface area contributed by atoms with Gasteiger partial charge in [0.05, 0.1) is 0 Å². The van der Waals surface area contributed by atoms with E-state index < -0.39 is 5.54 Å². The Bertz CT molecular complexity index is 915. The summed E-state index contributed by atoms with van der Waals surface area (Å²) in [5, 5.41) is 4.05. The van der Waals surface area contributed by atoms with Gasteiger partial charge in [0.25, 0.3) is 11.8 Å². The number of carbonyl (C=O) groups is 3. The van der Waals surface area contributed by atoms with Crippen molar-refractivity contribution in [2.24, 2.45) is 7.05 Å². The molecule has 8 heteroatoms. The third kappa shape index (κ3) is 2.76. The monoisotopic (exact) mass is 381 g/mol. The number of imide groups is 1. The zero-order valence-corrected chi connectivity index (χ0v) is 16.0. The zero-order chi connectivity index (χ0) is 19.9. The van der Waals surface area contributed by atoms with Crippen molar-refractivity contribution in [1.29, 1.82) is 0 Å². The molecule has 0 N–H and O–H groups in total. The molecule has 8 nitrogen and oxygen atoms in total. The second-order valence-electron chi connectivity index (χ2n) is 7.38. The van der Waals surface area contributed by atoms with Crippen molar-refractivity contribution < 1.29 is 14.4 Å². The Labute approximate surface area is 163 Å². The van der Waals surface area contributed by atoms with E-state index in [4.69, 9.17) is 0 Å². The minimum absolute atomic E-state index is 0.102. The molecule has 146 valence electrons. The van der Waals surface area contributed by atoms with E-state index in [0.29, 0.717) is 38.2 Å². The number of hydrogen-bond acceptors (Lipinski definition) is 4. The van der Waals surface area contributed by atoms with Crippen LogP contribution in [0.4, 0.5) is 4.79 Å². The lowest BCUT2D eigenvalue weighted by molar-refractivity contribution is -0.134. The number of benzene rings is 1. The van der Waals surface area contributed by atoms with Gasteiger partial charge in [0, 0.05) is 39.9 Å². The van der Waals surface area contributed by atoms with E-state index in [1.165, 1.54) is 11.9 Å². The molecule has 2 aliphatic heterocycles. The number of rotatable bonds is 3. The molecule has 0 saturated carbocycles. The highest BCUT2D eigenvalue weighted by Gasteiger charge is 2.57. The highest BCUT2D eigenvalue weighted by molar-refractivity contribution is 6.07. The van der Waals surface area contributed by atoms with Crippen LogP contribution in [0.1, 0.15) is 28.9 Å². The number of amides is 4. The fourth-order valence-electron chi connectivity index (χ4n) is 4.17. The summed E-state index contributed by atoms with van der Waals surface area (Å²) in [6.07, 6.45) is 2.45. The summed E-state index contributed by atoms with van der Waals surface area (Å²) in [7, 11) is 3.26. The smallest absolute Gasteiger partial charge is 0.327 e. The zero-order valence-electron chi connectivity index (χ0n) is 16.0. The maximum atomic E-state index is 13.0. The van der Waals surface area contributed by atoms with Gasteiger partial charge in [-0.3, -0.25) is 19.2 Å². The molecule has 0 atom stereocenters. The molecule has 0 aliphatic carbocycles. The maximum absolute atomic E-state index is 13.0. The first-order valence-electron chi connectivity index (χ1n) is 9.35. The van der Waals surface area contributed by atoms with Gasteiger partial charge in [0.15, 0.2) is 0 Å². The Balaban J connectivity index is 1.56. The summed E-state index contributed by atoms with van der Waals surface area (Å²) in [6.45, 7) is 1.22. The van der Waals surface area contributed by atoms with Gasteiger partial charge >= 0.3 is 6.03 Å². The molecule has 2 fully saturated rings. The van der Waals surface area contributed by atoms with Crippen molar-refractivity contribution in [2.75, 3.05) is 20.1 Å². The molecule has 1 spiro atoms. The lowest BCUT2D eigenvalue weighted by Gasteiger charge is -2.42. The fourth-order valence-corrected chi connectivity index (χ4v) is 4.17. The molecule has 0 radical (unpaired) electrons. The highest BCUT2D eigenvalue weighted by atomic mass is 16.2. The Hall–Kier alpha value is -3.16. The van der Waals surface area contributed by atoms with Crippen LogP contribution in [0.2, 0.25) is 0 Å². The van der Waals surface area contributed by atoms with Gasteiger partial charge in [-0.15, -0.1) is 0 Å². The molecular formula is C20H23N5O3. The lowest BCUT2D eigenvalue weighted by Crippen LogP contribution is -2.57. The molecule has 2 aromatic rings. The van der Waals surface area contributed by atoms with Crippen molar-refractivity contribution in [1.82, 2.24) is 24.5 Å². The lowest BCUT2D eigenvalue weighted by atomic mass is 9.85. The van der Waals surface area contributed by atoms with E-state index in [1.54, 1.807) is 33.8 Å². The van der Waals surface area contributed by atoms with Crippen LogP contribution >= 0.6 is 0 Å². The van der Waals surface area contributed by atoms with Crippen molar-refractivity contribution >= 4 is 17.8 Å². The second-order valence-corrected chi connectivity index (χ2v) is 7.38. The molecule has 4 rings (SSSR count). The predicted molar refractivity (Wildman–Crippen MR) is 101 cm³/mol. The first-order valence-corrected chi connectivity index (χ1v) is 9.35. The Morgan fingerprint density at radius 1 is 1.07 bits per heavy atom. The maximum Gasteiger partial charge on any atom is 0.327 e. The van der Waals surface area contributed by atoms with Crippen molar-refractivity contribution in [3.8, 4) is 0 Å². The number of carbonyl (C=O) groups excluding carboxylic acids is 3. The highest BCUT2D eigenvalue weighted by Crippen LogP contribution is 2.38. The molecular weight excluding hydrogens is 358 g/mol. The van der Waals surface area contributed by atoms with Crippen LogP contribution in [0.5, 0.6) is 0 Å². The Morgan fingerprint density at radius 3 is 2.36 bits per heavy atom. The average molecular weight is 381 g/mol. The Morgan fingerprint density at radius 2 is 1.75 bits per heavy atom. The van der Waals surface area contributed by atoms with Gasteiger partial charge in [0.1, 0.15) is 11.2 Å². The number of likely N-dealkylation sites (tertiary alicyclic amines) is 1. The molecule has 0 unspecified atom stereocenters. The number of hydrogen-bond donors (Lipinski definition) is 0. The quantitative estimate of drug-likeness (QED) is 0.755. The standard InChI is InChI=1S/C20H23N5O3/c1-22-18(27)20(25(19(22)28)14-15-6-4-3-5-7-15)9-12-24(13-10-20)17(26)16-8-11-21-23(16)2/h3-8,11H,9-10,12-14H2,1-2H3. The molecule has 2 aliphatic rings. The molecule has 3 heterocycles. The predicted octanol–water partition coefficient (Wildman–Crippen LogP) is 1.49. The SMILES string of the molecule is CN1C(=O)N(Cc2ccccc2)C2(CCN(C(=O)c3ccnn3C)CC2)C1=O. The number of nitrogens with zero attached hydrogens (tertiary/aromatic N) is 5. The number of aromatic nitrogens is 2. The van der Waals surface area contributed by atoms with Gasteiger partial charge in [-0.1, -0.05) is 30.3 Å². The minimum atomic E-state index is -0.884. The summed E-state index contributed by atoms with van der Waals surface area (Å²) in [5.74, 6) is -0.282. The minimum Gasteiger partial charge on any atom is -0.337 e. The first-order chi connectivity index (χ1) is 13.4. The van der Waals surface area contributed by atoms with Gasteiger partial charge in [0.2, 0.25) is 0 Å². The van der Waals surface area contributed by atoms with Crippen LogP contribution in [0.15, 0.2) is 42.6 Å². The number of likely N-dealkylation sites (N-methyl/N-ethyl adjacent to an activating group) is 1. The molecule has 2 saturated heterocycles. The molecule has 1 aromatic heterocycles. The van der Waals surface area contributed by atoms with E-state index in [9.17, 15) is 14.4 Å². The summed E-state index contributed by atoms with van der Waals surface area (Å²) >= 11 is 0. The van der Waals surface area contributed by atoms with Crippen LogP contribution < -0.4 is 0 Å². The number of piperidine rings is 1. The van der Waals surface area contributed by atoms with Gasteiger partial charge in [-0.2, -0.15) is 5.10 Å². The summed E-state index contributed by atoms with van der Waals surface area (Å²) in [5.41, 5.74) is 0.611. The van der Waals surface area contributed by atoms with Gasteiger partial charge < -0.3 is 9.80 Å². The third-order valence-electron chi connectivity index (χ3n) is 5.84. The van der Waals surface area contributed by atoms with E-state index in [2.05, 4.69) is 5.10 Å². The third-order valence-corrected chi connectivity index (χ3v) is 5.84. The summed E-state index contributed by atoms with van der Waals surface area (Å²) in [6, 6.07) is 11.1. The van der Waals surface area contributed by atoms with Crippen molar-refractivity contribution in [3.05, 3.63) is 53.9 Å². The summed E-state index contributed by atoms with van der Waals surface area (Å²) in [4.78, 5) is 43.2. The van der Waals surface area contributed by atoms with Crippen LogP contribution in [-0.2, 0) is 18.4 Å². The van der Waals surface area contributed by atoms with Crippen LogP contribution in [0, 0.1) is 0 Å². The number of urea groups is 1. The van der Waals surface area contributed by atoms with E-state index >= 15 is 0 Å². The number of aryl methyl sites for hydroxylation is 1. The van der Waals surface area contributed by atoms with Gasteiger partial charge in [-0.25, -0.2) is 4.79 Å². The Kier molecular flexibility index (Phi) is 4.41. The molecule has 4 amide bonds. The molecule has 0 bridgehead atoms. The largest absolute Gasteiger partial charge is 0.337 e. The van der Waals surface area contributed by atoms with Crippen molar-refractivity contribution in [2.45, 2.75) is 24.9 Å². The molecule has 28 heavy (non-hydrogen) atoms. The van der Waals surface area contributed by atoms with Gasteiger partial charge in [-0.05, 0) is 24.5 Å². The summed E-state index contributed by atoms with van der Waals surface area (Å²) < 4.78 is 1.55. The normalized spacial score (nSPS) is 19.0. The van der Waals surface area contributed by atoms with Crippen molar-refractivity contribution in [3.63, 3.8) is 0 Å². The topological polar surface area (TPSA) is 78.8 Å². The molecule has 1 aromatic carbocycles. The van der Waals surface area contributed by atoms with E-state index in [-0.39, 0.29) is 17.8 Å². The first kappa shape index (κ1) is 18.2. The fraction of sp³-hybridized carbons (Fsp3) is 0.400. The average Bonchev–Trinajstić information content (AvgIpc) is 3.22. The van der Waals surface area contributed by atoms with Crippen LogP contribution in [0.3, 0.4) is 0 Å². The van der Waals surface area contributed by atoms with E-state index in [1.807, 2.05) is 30.3 Å². The van der Waals surface area contributed by atoms with Crippen LogP contribution in [-0.4, -0.2) is 68.0 Å².